The molecule has 0 aliphatic carbocycles. The highest BCUT2D eigenvalue weighted by atomic mass is 35.5. The Bertz CT molecular complexity index is 1410. The molecule has 0 radical (unpaired) electrons. The molecule has 0 bridgehead atoms. The van der Waals surface area contributed by atoms with Crippen LogP contribution in [0.5, 0.6) is 0 Å². The monoisotopic (exact) mass is 458 g/mol. The quantitative estimate of drug-likeness (QED) is 0.381. The Morgan fingerprint density at radius 2 is 1.88 bits per heavy atom. The molecule has 5 aromatic rings. The number of hydrogen-bond acceptors (Lipinski definition) is 6. The molecule has 4 heterocycles. The number of anilines is 1. The molecular weight excluding hydrogens is 436 g/mol. The SMILES string of the molecule is C[C@H]1CN(c2nc3ccccc3c3nnc(-c4ccc(Cl)cc4)n23)CCN1Cc1ccoc1. The fourth-order valence-electron chi connectivity index (χ4n) is 4.59. The van der Waals surface area contributed by atoms with Crippen LogP contribution in [0.15, 0.2) is 71.5 Å². The van der Waals surface area contributed by atoms with E-state index in [-0.39, 0.29) is 0 Å². The van der Waals surface area contributed by atoms with Crippen molar-refractivity contribution in [3.05, 3.63) is 77.7 Å². The average Bonchev–Trinajstić information content (AvgIpc) is 3.51. The minimum absolute atomic E-state index is 0.354. The number of piperazine rings is 1. The van der Waals surface area contributed by atoms with Crippen molar-refractivity contribution in [2.45, 2.75) is 19.5 Å². The molecule has 1 fully saturated rings. The summed E-state index contributed by atoms with van der Waals surface area (Å²) in [6.45, 7) is 5.80. The van der Waals surface area contributed by atoms with Gasteiger partial charge in [-0.3, -0.25) is 4.90 Å². The summed E-state index contributed by atoms with van der Waals surface area (Å²) in [7, 11) is 0. The molecule has 7 nitrogen and oxygen atoms in total. The van der Waals surface area contributed by atoms with Crippen LogP contribution in [-0.4, -0.2) is 50.2 Å². The summed E-state index contributed by atoms with van der Waals surface area (Å²) in [5.74, 6) is 1.64. The molecule has 1 atom stereocenters. The molecule has 6 rings (SSSR count). The number of aromatic nitrogens is 4. The summed E-state index contributed by atoms with van der Waals surface area (Å²) in [5, 5.41) is 10.8. The average molecular weight is 459 g/mol. The second-order valence-electron chi connectivity index (χ2n) is 8.52. The summed E-state index contributed by atoms with van der Waals surface area (Å²) in [6.07, 6.45) is 3.55. The van der Waals surface area contributed by atoms with Gasteiger partial charge in [0, 0.05) is 53.8 Å². The van der Waals surface area contributed by atoms with Crippen LogP contribution in [0, 0.1) is 0 Å². The smallest absolute Gasteiger partial charge is 0.213 e. The van der Waals surface area contributed by atoms with Crippen LogP contribution in [0.2, 0.25) is 5.02 Å². The van der Waals surface area contributed by atoms with Crippen LogP contribution in [-0.2, 0) is 6.54 Å². The highest BCUT2D eigenvalue weighted by molar-refractivity contribution is 6.30. The zero-order valence-electron chi connectivity index (χ0n) is 18.2. The predicted molar refractivity (Wildman–Crippen MR) is 130 cm³/mol. The van der Waals surface area contributed by atoms with Crippen LogP contribution in [0.1, 0.15) is 12.5 Å². The third-order valence-corrected chi connectivity index (χ3v) is 6.60. The first-order valence-corrected chi connectivity index (χ1v) is 11.4. The third-order valence-electron chi connectivity index (χ3n) is 6.34. The summed E-state index contributed by atoms with van der Waals surface area (Å²) < 4.78 is 7.34. The lowest BCUT2D eigenvalue weighted by molar-refractivity contribution is 0.179. The van der Waals surface area contributed by atoms with E-state index in [0.29, 0.717) is 11.1 Å². The maximum atomic E-state index is 6.13. The maximum absolute atomic E-state index is 6.13. The zero-order chi connectivity index (χ0) is 22.4. The van der Waals surface area contributed by atoms with Crippen LogP contribution in [0.25, 0.3) is 27.9 Å². The molecule has 33 heavy (non-hydrogen) atoms. The van der Waals surface area contributed by atoms with Gasteiger partial charge in [-0.05, 0) is 49.4 Å². The van der Waals surface area contributed by atoms with Gasteiger partial charge in [-0.1, -0.05) is 23.7 Å². The lowest BCUT2D eigenvalue weighted by Crippen LogP contribution is -2.52. The lowest BCUT2D eigenvalue weighted by Gasteiger charge is -2.40. The topological polar surface area (TPSA) is 62.7 Å². The molecule has 2 aromatic carbocycles. The van der Waals surface area contributed by atoms with E-state index in [1.807, 2.05) is 60.9 Å². The molecule has 0 N–H and O–H groups in total. The molecule has 8 heteroatoms. The molecule has 1 saturated heterocycles. The number of hydrogen-bond donors (Lipinski definition) is 0. The normalized spacial score (nSPS) is 17.3. The first-order valence-electron chi connectivity index (χ1n) is 11.1. The third kappa shape index (κ3) is 3.63. The van der Waals surface area contributed by atoms with Gasteiger partial charge in [-0.2, -0.15) is 0 Å². The fourth-order valence-corrected chi connectivity index (χ4v) is 4.72. The predicted octanol–water partition coefficient (Wildman–Crippen LogP) is 4.90. The van der Waals surface area contributed by atoms with Gasteiger partial charge in [0.1, 0.15) is 0 Å². The van der Waals surface area contributed by atoms with Crippen LogP contribution >= 0.6 is 11.6 Å². The number of furan rings is 1. The Balaban J connectivity index is 1.43. The highest BCUT2D eigenvalue weighted by Crippen LogP contribution is 2.30. The Kier molecular flexibility index (Phi) is 5.00. The minimum atomic E-state index is 0.354. The van der Waals surface area contributed by atoms with Gasteiger partial charge in [-0.25, -0.2) is 9.38 Å². The summed E-state index contributed by atoms with van der Waals surface area (Å²) in [4.78, 5) is 9.91. The van der Waals surface area contributed by atoms with Crippen LogP contribution in [0.3, 0.4) is 0 Å². The van der Waals surface area contributed by atoms with Gasteiger partial charge < -0.3 is 9.32 Å². The van der Waals surface area contributed by atoms with Crippen LogP contribution in [0.4, 0.5) is 5.95 Å². The number of benzene rings is 2. The maximum Gasteiger partial charge on any atom is 0.213 e. The Labute approximate surface area is 196 Å². The first kappa shape index (κ1) is 20.2. The van der Waals surface area contributed by atoms with E-state index < -0.39 is 0 Å². The van der Waals surface area contributed by atoms with E-state index in [4.69, 9.17) is 21.0 Å². The van der Waals surface area contributed by atoms with Gasteiger partial charge in [0.25, 0.3) is 0 Å². The van der Waals surface area contributed by atoms with E-state index in [2.05, 4.69) is 31.3 Å². The molecule has 0 unspecified atom stereocenters. The summed E-state index contributed by atoms with van der Waals surface area (Å²) in [5.41, 5.74) is 3.89. The number of para-hydroxylation sites is 1. The Morgan fingerprint density at radius 1 is 1.03 bits per heavy atom. The highest BCUT2D eigenvalue weighted by Gasteiger charge is 2.28. The zero-order valence-corrected chi connectivity index (χ0v) is 19.0. The molecule has 0 amide bonds. The van der Waals surface area contributed by atoms with Crippen molar-refractivity contribution >= 4 is 34.1 Å². The van der Waals surface area contributed by atoms with Crippen molar-refractivity contribution in [1.82, 2.24) is 24.5 Å². The van der Waals surface area contributed by atoms with E-state index >= 15 is 0 Å². The molecular formula is C25H23ClN6O. The minimum Gasteiger partial charge on any atom is -0.472 e. The standard InChI is InChI=1S/C25H23ClN6O/c1-17-14-31(12-11-30(17)15-18-10-13-33-16-18)25-27-22-5-3-2-4-21(22)24-29-28-23(32(24)25)19-6-8-20(26)9-7-19/h2-10,13,16-17H,11-12,14-15H2,1H3/t17-/m0/s1. The van der Waals surface area contributed by atoms with E-state index in [1.54, 1.807) is 6.26 Å². The molecule has 1 aliphatic heterocycles. The molecule has 0 saturated carbocycles. The summed E-state index contributed by atoms with van der Waals surface area (Å²) in [6, 6.07) is 18.2. The van der Waals surface area contributed by atoms with Crippen molar-refractivity contribution in [3.63, 3.8) is 0 Å². The molecule has 1 aliphatic rings. The van der Waals surface area contributed by atoms with Crippen molar-refractivity contribution < 1.29 is 4.42 Å². The number of halogens is 1. The van der Waals surface area contributed by atoms with Gasteiger partial charge in [0.05, 0.1) is 18.0 Å². The van der Waals surface area contributed by atoms with Crippen LogP contribution < -0.4 is 4.90 Å². The number of rotatable bonds is 4. The molecule has 3 aromatic heterocycles. The van der Waals surface area contributed by atoms with Gasteiger partial charge in [0.2, 0.25) is 5.95 Å². The first-order chi connectivity index (χ1) is 16.2. The largest absolute Gasteiger partial charge is 0.472 e. The number of fused-ring (bicyclic) bond motifs is 3. The van der Waals surface area contributed by atoms with Crippen molar-refractivity contribution in [2.75, 3.05) is 24.5 Å². The molecule has 0 spiro atoms. The van der Waals surface area contributed by atoms with Crippen molar-refractivity contribution in [1.29, 1.82) is 0 Å². The van der Waals surface area contributed by atoms with E-state index in [1.165, 1.54) is 5.56 Å². The Hall–Kier alpha value is -3.42. The second-order valence-corrected chi connectivity index (χ2v) is 8.95. The van der Waals surface area contributed by atoms with E-state index in [0.717, 1.165) is 60.1 Å². The number of nitrogens with zero attached hydrogens (tertiary/aromatic N) is 6. The lowest BCUT2D eigenvalue weighted by atomic mass is 10.1. The Morgan fingerprint density at radius 3 is 2.67 bits per heavy atom. The van der Waals surface area contributed by atoms with Crippen molar-refractivity contribution in [3.8, 4) is 11.4 Å². The van der Waals surface area contributed by atoms with Gasteiger partial charge >= 0.3 is 0 Å². The van der Waals surface area contributed by atoms with E-state index in [9.17, 15) is 0 Å². The van der Waals surface area contributed by atoms with Crippen molar-refractivity contribution in [2.24, 2.45) is 0 Å². The molecule has 166 valence electrons. The fraction of sp³-hybridized carbons (Fsp3) is 0.240. The second kappa shape index (κ2) is 8.17. The van der Waals surface area contributed by atoms with Gasteiger partial charge in [-0.15, -0.1) is 10.2 Å². The van der Waals surface area contributed by atoms with Gasteiger partial charge in [0.15, 0.2) is 11.5 Å². The summed E-state index contributed by atoms with van der Waals surface area (Å²) >= 11 is 6.13.